The molecule has 2 unspecified atom stereocenters. The average molecular weight is 351 g/mol. The van der Waals surface area contributed by atoms with Crippen LogP contribution in [0.3, 0.4) is 0 Å². The van der Waals surface area contributed by atoms with Gasteiger partial charge in [-0.1, -0.05) is 65.5 Å². The molecule has 2 heteroatoms. The summed E-state index contributed by atoms with van der Waals surface area (Å²) in [6.07, 6.45) is 4.92. The number of alkyl halides is 2. The second-order valence-corrected chi connectivity index (χ2v) is 5.12. The highest BCUT2D eigenvalue weighted by Gasteiger charge is 2.11. The van der Waals surface area contributed by atoms with Crippen molar-refractivity contribution in [3.05, 3.63) is 6.42 Å². The highest BCUT2D eigenvalue weighted by molar-refractivity contribution is 14.1. The normalized spacial score (nSPS) is 17.3. The van der Waals surface area contributed by atoms with Gasteiger partial charge in [-0.2, -0.15) is 0 Å². The second kappa shape index (κ2) is 6.19. The Balaban J connectivity index is 3.32. The Labute approximate surface area is 85.5 Å². The molecule has 0 aromatic rings. The van der Waals surface area contributed by atoms with Crippen LogP contribution in [0, 0.1) is 6.42 Å². The lowest BCUT2D eigenvalue weighted by atomic mass is 10.2. The van der Waals surface area contributed by atoms with Crippen LogP contribution < -0.4 is 0 Å². The van der Waals surface area contributed by atoms with Crippen molar-refractivity contribution < 1.29 is 0 Å². The Morgan fingerprint density at radius 3 is 2.33 bits per heavy atom. The monoisotopic (exact) mass is 351 g/mol. The molecule has 0 fully saturated rings. The summed E-state index contributed by atoms with van der Waals surface area (Å²) in [6.45, 7) is 4.38. The third-order valence-corrected chi connectivity index (χ3v) is 5.59. The largest absolute Gasteiger partial charge is 0.0815 e. The molecule has 0 aliphatic heterocycles. The fourth-order valence-corrected chi connectivity index (χ4v) is 2.04. The summed E-state index contributed by atoms with van der Waals surface area (Å²) in [5.74, 6) is 0. The van der Waals surface area contributed by atoms with Crippen LogP contribution in [0.4, 0.5) is 0 Å². The molecule has 55 valence electrons. The molecule has 0 rings (SSSR count). The first-order valence-electron chi connectivity index (χ1n) is 3.30. The van der Waals surface area contributed by atoms with E-state index in [9.17, 15) is 0 Å². The molecular weight excluding hydrogens is 338 g/mol. The predicted molar refractivity (Wildman–Crippen MR) is 60.5 cm³/mol. The highest BCUT2D eigenvalue weighted by atomic mass is 127. The molecule has 0 aliphatic rings. The molecule has 0 nitrogen and oxygen atoms in total. The Kier molecular flexibility index (Phi) is 7.19. The first-order chi connectivity index (χ1) is 4.22. The van der Waals surface area contributed by atoms with Gasteiger partial charge in [0, 0.05) is 7.85 Å². The molecule has 2 atom stereocenters. The summed E-state index contributed by atoms with van der Waals surface area (Å²) in [6, 6.07) is 0. The Morgan fingerprint density at radius 1 is 1.44 bits per heavy atom. The molecule has 0 aromatic carbocycles. The fourth-order valence-electron chi connectivity index (χ4n) is 0.644. The van der Waals surface area contributed by atoms with Crippen molar-refractivity contribution in [1.82, 2.24) is 0 Å². The van der Waals surface area contributed by atoms with Crippen molar-refractivity contribution in [3.8, 4) is 0 Å². The lowest BCUT2D eigenvalue weighted by molar-refractivity contribution is 0.770. The molecule has 1 radical (unpaired) electrons. The number of hydrogen-bond donors (Lipinski definition) is 0. The molecule has 0 N–H and O–H groups in total. The summed E-state index contributed by atoms with van der Waals surface area (Å²) in [5.41, 5.74) is 0. The SMILES string of the molecule is C[CH]C(I)C(I)CCC. The minimum atomic E-state index is 0.753. The van der Waals surface area contributed by atoms with Gasteiger partial charge in [0.05, 0.1) is 0 Å². The van der Waals surface area contributed by atoms with Crippen LogP contribution in [-0.4, -0.2) is 7.85 Å². The van der Waals surface area contributed by atoms with E-state index in [0.717, 1.165) is 7.85 Å². The maximum Gasteiger partial charge on any atom is 0.0256 e. The molecular formula is C7H13I2. The van der Waals surface area contributed by atoms with Crippen LogP contribution in [-0.2, 0) is 0 Å². The van der Waals surface area contributed by atoms with Gasteiger partial charge >= 0.3 is 0 Å². The molecule has 0 spiro atoms. The van der Waals surface area contributed by atoms with E-state index < -0.39 is 0 Å². The Morgan fingerprint density at radius 2 is 2.00 bits per heavy atom. The van der Waals surface area contributed by atoms with E-state index in [0.29, 0.717) is 0 Å². The molecule has 9 heavy (non-hydrogen) atoms. The predicted octanol–water partition coefficient (Wildman–Crippen LogP) is 3.62. The van der Waals surface area contributed by atoms with Crippen LogP contribution >= 0.6 is 45.2 Å². The van der Waals surface area contributed by atoms with Crippen molar-refractivity contribution in [3.63, 3.8) is 0 Å². The Bertz CT molecular complexity index is 63.9. The molecule has 0 bridgehead atoms. The summed E-state index contributed by atoms with van der Waals surface area (Å²) in [5, 5.41) is 0. The van der Waals surface area contributed by atoms with Gasteiger partial charge in [0.25, 0.3) is 0 Å². The summed E-state index contributed by atoms with van der Waals surface area (Å²) in [4.78, 5) is 0. The van der Waals surface area contributed by atoms with Crippen LogP contribution in [0.15, 0.2) is 0 Å². The van der Waals surface area contributed by atoms with Crippen molar-refractivity contribution in [2.75, 3.05) is 0 Å². The molecule has 0 amide bonds. The van der Waals surface area contributed by atoms with Gasteiger partial charge in [0.1, 0.15) is 0 Å². The zero-order valence-corrected chi connectivity index (χ0v) is 10.2. The number of halogens is 2. The van der Waals surface area contributed by atoms with E-state index in [1.165, 1.54) is 12.8 Å². The highest BCUT2D eigenvalue weighted by Crippen LogP contribution is 2.21. The molecule has 0 heterocycles. The van der Waals surface area contributed by atoms with E-state index in [-0.39, 0.29) is 0 Å². The maximum atomic E-state index is 2.53. The first-order valence-corrected chi connectivity index (χ1v) is 5.79. The van der Waals surface area contributed by atoms with Gasteiger partial charge < -0.3 is 0 Å². The van der Waals surface area contributed by atoms with Gasteiger partial charge in [-0.25, -0.2) is 0 Å². The first kappa shape index (κ1) is 10.5. The summed E-state index contributed by atoms with van der Waals surface area (Å²) in [7, 11) is 0. The lowest BCUT2D eigenvalue weighted by Gasteiger charge is -2.12. The maximum absolute atomic E-state index is 2.53. The van der Waals surface area contributed by atoms with Crippen LogP contribution in [0.2, 0.25) is 0 Å². The number of rotatable bonds is 4. The standard InChI is InChI=1S/C7H13I2/c1-3-5-7(9)6(8)4-2/h4,6-7H,3,5H2,1-2H3. The van der Waals surface area contributed by atoms with Gasteiger partial charge in [0.2, 0.25) is 0 Å². The molecule has 0 saturated carbocycles. The second-order valence-electron chi connectivity index (χ2n) is 2.08. The van der Waals surface area contributed by atoms with Gasteiger partial charge in [-0.15, -0.1) is 0 Å². The quantitative estimate of drug-likeness (QED) is 0.536. The topological polar surface area (TPSA) is 0 Å². The van der Waals surface area contributed by atoms with Gasteiger partial charge in [0.15, 0.2) is 0 Å². The van der Waals surface area contributed by atoms with Gasteiger partial charge in [-0.05, 0) is 12.8 Å². The van der Waals surface area contributed by atoms with Crippen molar-refractivity contribution in [1.29, 1.82) is 0 Å². The van der Waals surface area contributed by atoms with E-state index >= 15 is 0 Å². The average Bonchev–Trinajstić information content (AvgIpc) is 1.87. The van der Waals surface area contributed by atoms with Crippen LogP contribution in [0.5, 0.6) is 0 Å². The molecule has 0 aliphatic carbocycles. The minimum absolute atomic E-state index is 0.753. The Hall–Kier alpha value is 1.46. The minimum Gasteiger partial charge on any atom is -0.0815 e. The smallest absolute Gasteiger partial charge is 0.0256 e. The van der Waals surface area contributed by atoms with E-state index in [1.54, 1.807) is 0 Å². The van der Waals surface area contributed by atoms with E-state index in [4.69, 9.17) is 0 Å². The van der Waals surface area contributed by atoms with E-state index in [2.05, 4.69) is 65.5 Å². The van der Waals surface area contributed by atoms with Crippen molar-refractivity contribution in [2.45, 2.75) is 34.5 Å². The zero-order valence-electron chi connectivity index (χ0n) is 5.90. The van der Waals surface area contributed by atoms with Crippen LogP contribution in [0.1, 0.15) is 26.7 Å². The van der Waals surface area contributed by atoms with Crippen molar-refractivity contribution in [2.24, 2.45) is 0 Å². The zero-order chi connectivity index (χ0) is 7.28. The summed E-state index contributed by atoms with van der Waals surface area (Å²) >= 11 is 5.02. The fraction of sp³-hybridized carbons (Fsp3) is 0.857. The molecule has 0 aromatic heterocycles. The molecule has 0 saturated heterocycles. The van der Waals surface area contributed by atoms with Crippen molar-refractivity contribution >= 4 is 45.2 Å². The third kappa shape index (κ3) is 4.81. The third-order valence-electron chi connectivity index (χ3n) is 1.23. The number of hydrogen-bond acceptors (Lipinski definition) is 0. The summed E-state index contributed by atoms with van der Waals surface area (Å²) < 4.78 is 1.58. The van der Waals surface area contributed by atoms with E-state index in [1.807, 2.05) is 0 Å². The lowest BCUT2D eigenvalue weighted by Crippen LogP contribution is -2.11. The van der Waals surface area contributed by atoms with Gasteiger partial charge in [-0.3, -0.25) is 0 Å². The van der Waals surface area contributed by atoms with Crippen LogP contribution in [0.25, 0.3) is 0 Å².